The molecule has 0 saturated carbocycles. The van der Waals surface area contributed by atoms with Crippen LogP contribution in [0.4, 0.5) is 0 Å². The molecule has 5 aromatic rings. The molecule has 2 aliphatic rings. The first-order valence-electron chi connectivity index (χ1n) is 18.4. The van der Waals surface area contributed by atoms with E-state index in [2.05, 4.69) is 184 Å². The van der Waals surface area contributed by atoms with Gasteiger partial charge in [-0.25, -0.2) is 0 Å². The van der Waals surface area contributed by atoms with Crippen LogP contribution >= 0.6 is 0 Å². The Kier molecular flexibility index (Phi) is 8.71. The second-order valence-corrected chi connectivity index (χ2v) is 26.4. The molecule has 0 saturated heterocycles. The number of hydrogen-bond donors (Lipinski definition) is 0. The van der Waals surface area contributed by atoms with Gasteiger partial charge in [0.15, 0.2) is 0 Å². The minimum atomic E-state index is -3.88. The van der Waals surface area contributed by atoms with Crippen molar-refractivity contribution in [2.45, 2.75) is 91.4 Å². The van der Waals surface area contributed by atoms with Crippen LogP contribution < -0.4 is 6.54 Å². The maximum atomic E-state index is 5.56. The molecule has 0 aromatic heterocycles. The Morgan fingerprint density at radius 2 is 1.16 bits per heavy atom. The first kappa shape index (κ1) is 34.8. The van der Waals surface area contributed by atoms with Crippen LogP contribution in [0.5, 0.6) is 0 Å². The van der Waals surface area contributed by atoms with Gasteiger partial charge in [-0.3, -0.25) is 0 Å². The fourth-order valence-corrected chi connectivity index (χ4v) is 18.2. The summed E-state index contributed by atoms with van der Waals surface area (Å²) in [5.74, 6) is 0. The van der Waals surface area contributed by atoms with Gasteiger partial charge in [-0.1, -0.05) is 0 Å². The average molecular weight is 733 g/mol. The van der Waals surface area contributed by atoms with E-state index in [9.17, 15) is 0 Å². The second-order valence-electron chi connectivity index (χ2n) is 17.7. The Labute approximate surface area is 305 Å². The van der Waals surface area contributed by atoms with E-state index in [4.69, 9.17) is 4.21 Å². The fraction of sp³-hybridized carbons (Fsp3) is 0.286. The van der Waals surface area contributed by atoms with Crippen molar-refractivity contribution in [3.8, 4) is 33.4 Å². The van der Waals surface area contributed by atoms with Gasteiger partial charge < -0.3 is 0 Å². The maximum absolute atomic E-state index is 5.56. The van der Waals surface area contributed by atoms with Crippen molar-refractivity contribution in [2.24, 2.45) is 0 Å². The van der Waals surface area contributed by atoms with Crippen LogP contribution in [0.1, 0.15) is 96.6 Å². The molecule has 253 valence electrons. The molecule has 0 aliphatic heterocycles. The number of rotatable bonds is 5. The van der Waals surface area contributed by atoms with Gasteiger partial charge in [0.05, 0.1) is 0 Å². The van der Waals surface area contributed by atoms with Crippen molar-refractivity contribution in [2.75, 3.05) is 0 Å². The molecule has 1 unspecified atom stereocenters. The summed E-state index contributed by atoms with van der Waals surface area (Å²) in [6.07, 6.45) is 8.98. The Balaban J connectivity index is 1.61. The van der Waals surface area contributed by atoms with Crippen molar-refractivity contribution in [1.29, 1.82) is 0 Å². The normalized spacial score (nSPS) is 15.4. The van der Waals surface area contributed by atoms with Crippen LogP contribution in [0.3, 0.4) is 0 Å². The number of benzene rings is 5. The van der Waals surface area contributed by atoms with E-state index < -0.39 is 19.8 Å². The zero-order valence-corrected chi connectivity index (χ0v) is 34.1. The Morgan fingerprint density at radius 1 is 0.580 bits per heavy atom. The molecule has 7 rings (SSSR count). The molecule has 0 heterocycles. The number of allylic oxidation sites excluding steroid dienone is 4. The van der Waals surface area contributed by atoms with E-state index in [1.807, 2.05) is 0 Å². The predicted octanol–water partition coefficient (Wildman–Crippen LogP) is 11.9. The van der Waals surface area contributed by atoms with Gasteiger partial charge >= 0.3 is 308 Å². The van der Waals surface area contributed by atoms with Crippen molar-refractivity contribution in [1.82, 2.24) is 0 Å². The molecular weight excluding hydrogens is 680 g/mol. The summed E-state index contributed by atoms with van der Waals surface area (Å²) in [6.45, 7) is 21.2. The zero-order valence-electron chi connectivity index (χ0n) is 31.7. The molecule has 2 aliphatic carbocycles. The van der Waals surface area contributed by atoms with Gasteiger partial charge in [0, 0.05) is 0 Å². The SMILES string of the molecule is [CH2]=[Zr]([C]1=CC=CC1)([c]1ccc(C(C)(C)C)cc1)[c]1c2c(cc(C(C)(C)C)c1-c1ccccc1)-c1cc(C(C)(C)C)c(-c3ccccc3)cc1C2. The van der Waals surface area contributed by atoms with Gasteiger partial charge in [-0.2, -0.15) is 0 Å². The van der Waals surface area contributed by atoms with Gasteiger partial charge in [-0.05, 0) is 0 Å². The van der Waals surface area contributed by atoms with E-state index in [0.717, 1.165) is 12.8 Å². The van der Waals surface area contributed by atoms with Crippen LogP contribution in [-0.4, -0.2) is 4.21 Å². The van der Waals surface area contributed by atoms with Crippen molar-refractivity contribution in [3.05, 3.63) is 152 Å². The molecule has 0 fully saturated rings. The third kappa shape index (κ3) is 6.05. The molecule has 0 spiro atoms. The first-order chi connectivity index (χ1) is 23.6. The van der Waals surface area contributed by atoms with Gasteiger partial charge in [0.2, 0.25) is 0 Å². The van der Waals surface area contributed by atoms with Crippen LogP contribution in [0, 0.1) is 0 Å². The standard InChI is InChI=1S/C33H33.C10H13.C5H5.CH2.Zr/c1-32(2,3)30-20-26-24(18-28(30)22-13-9-7-10-14-22)17-25-19-29(23-15-11-8-12-16-23)31(21-27(25)26)33(4,5)6;1-10(2,3)9-7-5-4-6-8-9;1-2-4-5-3-1;;/h7-16,18,20-21H,17H2,1-6H3;5-8H,1-3H3;1-3H,4H2;1H2;. The summed E-state index contributed by atoms with van der Waals surface area (Å²) in [5, 5.41) is 0. The first-order valence-corrected chi connectivity index (χ1v) is 23.8. The Bertz CT molecular complexity index is 2190. The Morgan fingerprint density at radius 3 is 1.70 bits per heavy atom. The average Bonchev–Trinajstić information content (AvgIpc) is 3.75. The van der Waals surface area contributed by atoms with E-state index in [1.54, 1.807) is 6.55 Å². The molecule has 1 heteroatoms. The van der Waals surface area contributed by atoms with E-state index in [1.165, 1.54) is 64.5 Å². The minimum absolute atomic E-state index is 0.00689. The molecule has 0 radical (unpaired) electrons. The fourth-order valence-electron chi connectivity index (χ4n) is 8.33. The van der Waals surface area contributed by atoms with Crippen LogP contribution in [-0.2, 0) is 42.4 Å². The topological polar surface area (TPSA) is 0 Å². The van der Waals surface area contributed by atoms with E-state index >= 15 is 0 Å². The summed E-state index contributed by atoms with van der Waals surface area (Å²) >= 11 is -3.88. The monoisotopic (exact) mass is 731 g/mol. The van der Waals surface area contributed by atoms with Crippen LogP contribution in [0.15, 0.2) is 125 Å². The van der Waals surface area contributed by atoms with Crippen molar-refractivity contribution >= 4 is 10.8 Å². The summed E-state index contributed by atoms with van der Waals surface area (Å²) < 4.78 is 10.1. The molecule has 0 amide bonds. The third-order valence-electron chi connectivity index (χ3n) is 11.1. The number of fused-ring (bicyclic) bond motifs is 3. The second kappa shape index (κ2) is 12.5. The zero-order chi connectivity index (χ0) is 35.6. The molecule has 0 N–H and O–H groups in total. The molecule has 5 aromatic carbocycles. The van der Waals surface area contributed by atoms with Crippen molar-refractivity contribution < 1.29 is 19.8 Å². The predicted molar refractivity (Wildman–Crippen MR) is 216 cm³/mol. The molecule has 1 atom stereocenters. The summed E-state index contributed by atoms with van der Waals surface area (Å²) in [4.78, 5) is 0. The van der Waals surface area contributed by atoms with E-state index in [-0.39, 0.29) is 16.2 Å². The molecular formula is C49H53Zr. The van der Waals surface area contributed by atoms with Gasteiger partial charge in [-0.15, -0.1) is 0 Å². The molecule has 0 bridgehead atoms. The van der Waals surface area contributed by atoms with Crippen LogP contribution in [0.2, 0.25) is 0 Å². The number of hydrogen-bond acceptors (Lipinski definition) is 0. The third-order valence-corrected chi connectivity index (χ3v) is 21.4. The summed E-state index contributed by atoms with van der Waals surface area (Å²) in [5.41, 5.74) is 15.4. The summed E-state index contributed by atoms with van der Waals surface area (Å²) in [6, 6.07) is 39.6. The van der Waals surface area contributed by atoms with Gasteiger partial charge in [0.1, 0.15) is 0 Å². The Hall–Kier alpha value is -3.67. The molecule has 50 heavy (non-hydrogen) atoms. The van der Waals surface area contributed by atoms with Crippen molar-refractivity contribution in [3.63, 3.8) is 0 Å². The molecule has 0 nitrogen and oxygen atoms in total. The quantitative estimate of drug-likeness (QED) is 0.166. The van der Waals surface area contributed by atoms with E-state index in [0.29, 0.717) is 0 Å². The van der Waals surface area contributed by atoms with Crippen LogP contribution in [0.25, 0.3) is 33.4 Å². The van der Waals surface area contributed by atoms with Gasteiger partial charge in [0.25, 0.3) is 0 Å². The summed E-state index contributed by atoms with van der Waals surface area (Å²) in [7, 11) is 0.